The van der Waals surface area contributed by atoms with E-state index in [1.54, 1.807) is 12.1 Å². The SMILES string of the molecule is COc1ccc(NC(=O)c2ccc(-c3noc(C(F)(F)F)n3)cc2)cc1Cl. The molecule has 0 bridgehead atoms. The number of carbonyl (C=O) groups is 1. The first-order valence-electron chi connectivity index (χ1n) is 7.44. The summed E-state index contributed by atoms with van der Waals surface area (Å²) in [6.07, 6.45) is -4.72. The van der Waals surface area contributed by atoms with E-state index in [1.807, 2.05) is 0 Å². The van der Waals surface area contributed by atoms with Crippen molar-refractivity contribution in [2.75, 3.05) is 12.4 Å². The van der Waals surface area contributed by atoms with Crippen LogP contribution in [-0.4, -0.2) is 23.2 Å². The molecule has 0 unspecified atom stereocenters. The topological polar surface area (TPSA) is 77.2 Å². The maximum Gasteiger partial charge on any atom is 0.471 e. The summed E-state index contributed by atoms with van der Waals surface area (Å²) in [5.41, 5.74) is 1.02. The molecule has 0 saturated carbocycles. The number of aromatic nitrogens is 2. The molecule has 0 aliphatic heterocycles. The molecule has 3 aromatic rings. The normalized spacial score (nSPS) is 11.3. The van der Waals surface area contributed by atoms with E-state index in [2.05, 4.69) is 20.0 Å². The zero-order chi connectivity index (χ0) is 19.6. The van der Waals surface area contributed by atoms with E-state index in [1.165, 1.54) is 37.4 Å². The first-order valence-corrected chi connectivity index (χ1v) is 7.82. The van der Waals surface area contributed by atoms with Gasteiger partial charge >= 0.3 is 12.1 Å². The predicted molar refractivity (Wildman–Crippen MR) is 90.7 cm³/mol. The summed E-state index contributed by atoms with van der Waals surface area (Å²) in [5, 5.41) is 6.28. The van der Waals surface area contributed by atoms with Crippen LogP contribution < -0.4 is 10.1 Å². The molecule has 0 spiro atoms. The van der Waals surface area contributed by atoms with Crippen molar-refractivity contribution < 1.29 is 27.2 Å². The molecule has 6 nitrogen and oxygen atoms in total. The van der Waals surface area contributed by atoms with Crippen LogP contribution in [-0.2, 0) is 6.18 Å². The zero-order valence-corrected chi connectivity index (χ0v) is 14.4. The molecule has 1 N–H and O–H groups in total. The molecule has 3 rings (SSSR count). The van der Waals surface area contributed by atoms with Crippen molar-refractivity contribution in [1.29, 1.82) is 0 Å². The molecular weight excluding hydrogens is 387 g/mol. The van der Waals surface area contributed by atoms with Gasteiger partial charge in [-0.15, -0.1) is 0 Å². The van der Waals surface area contributed by atoms with Crippen molar-refractivity contribution >= 4 is 23.2 Å². The molecule has 1 amide bonds. The van der Waals surface area contributed by atoms with Gasteiger partial charge in [-0.25, -0.2) is 0 Å². The smallest absolute Gasteiger partial charge is 0.471 e. The number of hydrogen-bond acceptors (Lipinski definition) is 5. The van der Waals surface area contributed by atoms with Gasteiger partial charge in [0, 0.05) is 16.8 Å². The van der Waals surface area contributed by atoms with Crippen LogP contribution in [0.2, 0.25) is 5.02 Å². The molecule has 0 aliphatic rings. The molecule has 1 aromatic heterocycles. The van der Waals surface area contributed by atoms with Crippen LogP contribution in [0.5, 0.6) is 5.75 Å². The number of nitrogens with zero attached hydrogens (tertiary/aromatic N) is 2. The van der Waals surface area contributed by atoms with E-state index < -0.39 is 18.0 Å². The van der Waals surface area contributed by atoms with E-state index in [0.717, 1.165) is 0 Å². The second-order valence-corrected chi connectivity index (χ2v) is 5.71. The van der Waals surface area contributed by atoms with E-state index >= 15 is 0 Å². The zero-order valence-electron chi connectivity index (χ0n) is 13.7. The van der Waals surface area contributed by atoms with Gasteiger partial charge < -0.3 is 14.6 Å². The summed E-state index contributed by atoms with van der Waals surface area (Å²) in [6, 6.07) is 10.5. The van der Waals surface area contributed by atoms with Crippen molar-refractivity contribution in [3.8, 4) is 17.1 Å². The minimum absolute atomic E-state index is 0.226. The highest BCUT2D eigenvalue weighted by molar-refractivity contribution is 6.32. The Hall–Kier alpha value is -3.07. The number of ether oxygens (including phenoxy) is 1. The molecule has 140 valence electrons. The van der Waals surface area contributed by atoms with E-state index in [4.69, 9.17) is 16.3 Å². The Balaban J connectivity index is 1.74. The van der Waals surface area contributed by atoms with Crippen molar-refractivity contribution in [1.82, 2.24) is 10.1 Å². The first-order chi connectivity index (χ1) is 12.8. The summed E-state index contributed by atoms with van der Waals surface area (Å²) in [4.78, 5) is 15.6. The Morgan fingerprint density at radius 1 is 1.19 bits per heavy atom. The Labute approximate surface area is 155 Å². The van der Waals surface area contributed by atoms with Gasteiger partial charge in [0.05, 0.1) is 12.1 Å². The first kappa shape index (κ1) is 18.7. The summed E-state index contributed by atoms with van der Waals surface area (Å²) in [6.45, 7) is 0. The molecule has 0 saturated heterocycles. The number of amides is 1. The van der Waals surface area contributed by atoms with E-state index in [-0.39, 0.29) is 17.0 Å². The molecule has 0 atom stereocenters. The standard InChI is InChI=1S/C17H11ClF3N3O3/c1-26-13-7-6-11(8-12(13)18)22-15(25)10-4-2-9(3-5-10)14-23-16(27-24-14)17(19,20)21/h2-8H,1H3,(H,22,25). The highest BCUT2D eigenvalue weighted by Gasteiger charge is 2.38. The number of nitrogens with one attached hydrogen (secondary N) is 1. The fraction of sp³-hybridized carbons (Fsp3) is 0.118. The summed E-state index contributed by atoms with van der Waals surface area (Å²) in [7, 11) is 1.47. The fourth-order valence-electron chi connectivity index (χ4n) is 2.17. The predicted octanol–water partition coefficient (Wildman–Crippen LogP) is 4.67. The molecule has 1 heterocycles. The Bertz CT molecular complexity index is 972. The second kappa shape index (κ2) is 7.28. The molecule has 0 fully saturated rings. The molecule has 2 aromatic carbocycles. The lowest BCUT2D eigenvalue weighted by atomic mass is 10.1. The van der Waals surface area contributed by atoms with Crippen LogP contribution in [0.4, 0.5) is 18.9 Å². The third-order valence-corrected chi connectivity index (χ3v) is 3.78. The van der Waals surface area contributed by atoms with Crippen LogP contribution in [0.3, 0.4) is 0 Å². The van der Waals surface area contributed by atoms with Gasteiger partial charge in [0.15, 0.2) is 0 Å². The number of methoxy groups -OCH3 is 1. The third-order valence-electron chi connectivity index (χ3n) is 3.48. The minimum atomic E-state index is -4.72. The number of alkyl halides is 3. The number of carbonyl (C=O) groups excluding carboxylic acids is 1. The maximum absolute atomic E-state index is 12.5. The van der Waals surface area contributed by atoms with Gasteiger partial charge in [-0.05, 0) is 30.3 Å². The summed E-state index contributed by atoms with van der Waals surface area (Å²) >= 11 is 6.00. The molecule has 27 heavy (non-hydrogen) atoms. The van der Waals surface area contributed by atoms with Crippen LogP contribution in [0.25, 0.3) is 11.4 Å². The molecule has 10 heteroatoms. The maximum atomic E-state index is 12.5. The van der Waals surface area contributed by atoms with Crippen LogP contribution in [0.1, 0.15) is 16.2 Å². The van der Waals surface area contributed by atoms with Gasteiger partial charge in [0.2, 0.25) is 5.82 Å². The lowest BCUT2D eigenvalue weighted by molar-refractivity contribution is -0.159. The van der Waals surface area contributed by atoms with Crippen molar-refractivity contribution in [3.05, 3.63) is 58.9 Å². The minimum Gasteiger partial charge on any atom is -0.495 e. The Morgan fingerprint density at radius 3 is 2.44 bits per heavy atom. The Morgan fingerprint density at radius 2 is 1.89 bits per heavy atom. The second-order valence-electron chi connectivity index (χ2n) is 5.30. The number of anilines is 1. The molecular formula is C17H11ClF3N3O3. The van der Waals surface area contributed by atoms with Crippen LogP contribution in [0.15, 0.2) is 47.0 Å². The Kier molecular flexibility index (Phi) is 5.04. The summed E-state index contributed by atoms with van der Waals surface area (Å²) in [5.74, 6) is -1.61. The number of benzene rings is 2. The van der Waals surface area contributed by atoms with Gasteiger partial charge in [-0.2, -0.15) is 18.2 Å². The van der Waals surface area contributed by atoms with Gasteiger partial charge in [0.25, 0.3) is 5.91 Å². The fourth-order valence-corrected chi connectivity index (χ4v) is 2.43. The van der Waals surface area contributed by atoms with Gasteiger partial charge in [-0.3, -0.25) is 4.79 Å². The average molecular weight is 398 g/mol. The van der Waals surface area contributed by atoms with Crippen molar-refractivity contribution in [3.63, 3.8) is 0 Å². The van der Waals surface area contributed by atoms with Crippen molar-refractivity contribution in [2.45, 2.75) is 6.18 Å². The molecule has 0 aliphatic carbocycles. The van der Waals surface area contributed by atoms with Crippen LogP contribution >= 0.6 is 11.6 Å². The quantitative estimate of drug-likeness (QED) is 0.692. The lowest BCUT2D eigenvalue weighted by Crippen LogP contribution is -2.11. The van der Waals surface area contributed by atoms with E-state index in [9.17, 15) is 18.0 Å². The van der Waals surface area contributed by atoms with Crippen LogP contribution in [0, 0.1) is 0 Å². The highest BCUT2D eigenvalue weighted by atomic mass is 35.5. The lowest BCUT2D eigenvalue weighted by Gasteiger charge is -2.08. The van der Waals surface area contributed by atoms with Gasteiger partial charge in [0.1, 0.15) is 5.75 Å². The van der Waals surface area contributed by atoms with E-state index in [0.29, 0.717) is 16.5 Å². The highest BCUT2D eigenvalue weighted by Crippen LogP contribution is 2.30. The number of hydrogen-bond donors (Lipinski definition) is 1. The van der Waals surface area contributed by atoms with Gasteiger partial charge in [-0.1, -0.05) is 28.9 Å². The van der Waals surface area contributed by atoms with Crippen molar-refractivity contribution in [2.24, 2.45) is 0 Å². The largest absolute Gasteiger partial charge is 0.495 e. The number of rotatable bonds is 4. The monoisotopic (exact) mass is 397 g/mol. The third kappa shape index (κ3) is 4.20. The average Bonchev–Trinajstić information content (AvgIpc) is 3.12. The molecule has 0 radical (unpaired) electrons. The number of halogens is 4. The summed E-state index contributed by atoms with van der Waals surface area (Å²) < 4.78 is 46.7.